The maximum Gasteiger partial charge on any atom is 0.219 e. The van der Waals surface area contributed by atoms with E-state index in [1.165, 1.54) is 0 Å². The molecule has 0 aliphatic carbocycles. The highest BCUT2D eigenvalue weighted by molar-refractivity contribution is 7.97. The molecule has 0 unspecified atom stereocenters. The number of hydrogen-bond acceptors (Lipinski definition) is 2. The van der Waals surface area contributed by atoms with E-state index in [-0.39, 0.29) is 11.4 Å². The van der Waals surface area contributed by atoms with Crippen molar-refractivity contribution in [3.05, 3.63) is 12.2 Å². The molecule has 0 amide bonds. The first-order valence-electron chi connectivity index (χ1n) is 1.82. The fourth-order valence-corrected chi connectivity index (χ4v) is 0.236. The first-order chi connectivity index (χ1) is 3.55. The molecule has 4 heteroatoms. The molecule has 0 atom stereocenters. The highest BCUT2D eigenvalue weighted by Gasteiger charge is 2.01. The maximum absolute atomic E-state index is 10.1. The lowest BCUT2D eigenvalue weighted by atomic mass is 10.3. The minimum atomic E-state index is -0.558. The molecular formula is C4H6N2OS. The second-order valence-electron chi connectivity index (χ2n) is 1.20. The fourth-order valence-electron chi connectivity index (χ4n) is 0.115. The van der Waals surface area contributed by atoms with Crippen LogP contribution in [0.2, 0.25) is 0 Å². The molecule has 44 valence electrons. The number of carbonyl (C=O) groups is 1. The van der Waals surface area contributed by atoms with Gasteiger partial charge in [-0.3, -0.25) is 10.2 Å². The van der Waals surface area contributed by atoms with Crippen LogP contribution in [0.3, 0.4) is 0 Å². The SMILES string of the molecule is C=C(C(=N)N)C(=O)S. The highest BCUT2D eigenvalue weighted by Crippen LogP contribution is 1.92. The lowest BCUT2D eigenvalue weighted by Gasteiger charge is -1.91. The van der Waals surface area contributed by atoms with Crippen LogP contribution in [0, 0.1) is 5.41 Å². The molecule has 8 heavy (non-hydrogen) atoms. The number of hydrogen-bond donors (Lipinski definition) is 3. The number of nitrogens with two attached hydrogens (primary N) is 1. The highest BCUT2D eigenvalue weighted by atomic mass is 32.1. The largest absolute Gasteiger partial charge is 0.384 e. The Morgan fingerprint density at radius 2 is 2.12 bits per heavy atom. The Morgan fingerprint density at radius 3 is 2.12 bits per heavy atom. The standard InChI is InChI=1S/C4H6N2OS/c1-2(3(5)6)4(7)8/h1H2,(H3,5,6)(H,7,8). The first-order valence-corrected chi connectivity index (χ1v) is 2.27. The van der Waals surface area contributed by atoms with Crippen molar-refractivity contribution in [1.82, 2.24) is 0 Å². The second-order valence-corrected chi connectivity index (χ2v) is 1.60. The zero-order chi connectivity index (χ0) is 6.73. The number of amidine groups is 1. The molecular weight excluding hydrogens is 124 g/mol. The van der Waals surface area contributed by atoms with Gasteiger partial charge in [-0.25, -0.2) is 0 Å². The third kappa shape index (κ3) is 1.79. The summed E-state index contributed by atoms with van der Waals surface area (Å²) in [5, 5.41) is 6.08. The Morgan fingerprint density at radius 1 is 1.75 bits per heavy atom. The third-order valence-corrected chi connectivity index (χ3v) is 0.853. The van der Waals surface area contributed by atoms with Gasteiger partial charge in [-0.15, -0.1) is 12.6 Å². The molecule has 0 aromatic carbocycles. The van der Waals surface area contributed by atoms with Crippen molar-refractivity contribution < 1.29 is 4.79 Å². The molecule has 0 radical (unpaired) electrons. The van der Waals surface area contributed by atoms with Crippen LogP contribution in [0.15, 0.2) is 12.2 Å². The molecule has 0 bridgehead atoms. The van der Waals surface area contributed by atoms with Gasteiger partial charge >= 0.3 is 0 Å². The molecule has 3 N–H and O–H groups in total. The van der Waals surface area contributed by atoms with Crippen molar-refractivity contribution in [3.8, 4) is 0 Å². The second kappa shape index (κ2) is 2.52. The number of thiol groups is 1. The molecule has 0 heterocycles. The van der Waals surface area contributed by atoms with E-state index in [9.17, 15) is 4.79 Å². The summed E-state index contributed by atoms with van der Waals surface area (Å²) in [5.74, 6) is -0.329. The topological polar surface area (TPSA) is 66.9 Å². The van der Waals surface area contributed by atoms with Crippen molar-refractivity contribution in [2.24, 2.45) is 5.73 Å². The van der Waals surface area contributed by atoms with E-state index in [4.69, 9.17) is 11.1 Å². The first kappa shape index (κ1) is 7.23. The zero-order valence-corrected chi connectivity index (χ0v) is 5.03. The van der Waals surface area contributed by atoms with Gasteiger partial charge in [-0.05, 0) is 0 Å². The summed E-state index contributed by atoms with van der Waals surface area (Å²) >= 11 is 3.37. The van der Waals surface area contributed by atoms with Gasteiger partial charge in [0, 0.05) is 0 Å². The van der Waals surface area contributed by atoms with Crippen molar-refractivity contribution >= 4 is 23.6 Å². The van der Waals surface area contributed by atoms with Crippen LogP contribution in [-0.4, -0.2) is 11.0 Å². The Balaban J connectivity index is 4.05. The minimum absolute atomic E-state index is 0.0617. The van der Waals surface area contributed by atoms with E-state index in [1.54, 1.807) is 0 Å². The Kier molecular flexibility index (Phi) is 2.27. The van der Waals surface area contributed by atoms with Gasteiger partial charge in [-0.2, -0.15) is 0 Å². The van der Waals surface area contributed by atoms with Gasteiger partial charge in [0.2, 0.25) is 5.12 Å². The van der Waals surface area contributed by atoms with Crippen LogP contribution in [0.5, 0.6) is 0 Å². The number of nitrogens with one attached hydrogen (secondary N) is 1. The quantitative estimate of drug-likeness (QED) is 0.212. The Bertz CT molecular complexity index is 136. The maximum atomic E-state index is 10.1. The van der Waals surface area contributed by atoms with Gasteiger partial charge in [0.1, 0.15) is 5.84 Å². The monoisotopic (exact) mass is 130 g/mol. The summed E-state index contributed by atoms with van der Waals surface area (Å²) < 4.78 is 0. The lowest BCUT2D eigenvalue weighted by molar-refractivity contribution is -0.107. The van der Waals surface area contributed by atoms with Crippen molar-refractivity contribution in [2.45, 2.75) is 0 Å². The molecule has 0 spiro atoms. The van der Waals surface area contributed by atoms with Crippen LogP contribution < -0.4 is 5.73 Å². The van der Waals surface area contributed by atoms with Gasteiger partial charge in [0.25, 0.3) is 0 Å². The number of carbonyl (C=O) groups excluding carboxylic acids is 1. The lowest BCUT2D eigenvalue weighted by Crippen LogP contribution is -2.15. The van der Waals surface area contributed by atoms with E-state index in [2.05, 4.69) is 19.2 Å². The zero-order valence-electron chi connectivity index (χ0n) is 4.14. The van der Waals surface area contributed by atoms with Gasteiger partial charge in [0.05, 0.1) is 5.57 Å². The molecule has 0 saturated heterocycles. The van der Waals surface area contributed by atoms with E-state index in [0.717, 1.165) is 0 Å². The molecule has 3 nitrogen and oxygen atoms in total. The van der Waals surface area contributed by atoms with Crippen molar-refractivity contribution in [1.29, 1.82) is 5.41 Å². The Labute approximate surface area is 52.5 Å². The van der Waals surface area contributed by atoms with E-state index >= 15 is 0 Å². The summed E-state index contributed by atoms with van der Waals surface area (Å²) in [6.07, 6.45) is 0. The fraction of sp³-hybridized carbons (Fsp3) is 0. The van der Waals surface area contributed by atoms with E-state index in [0.29, 0.717) is 0 Å². The van der Waals surface area contributed by atoms with Crippen LogP contribution in [-0.2, 0) is 4.79 Å². The molecule has 0 aromatic heterocycles. The molecule has 0 aliphatic rings. The van der Waals surface area contributed by atoms with Crippen LogP contribution in [0.4, 0.5) is 0 Å². The summed E-state index contributed by atoms with van der Waals surface area (Å²) in [4.78, 5) is 10.1. The van der Waals surface area contributed by atoms with Crippen molar-refractivity contribution in [2.75, 3.05) is 0 Å². The van der Waals surface area contributed by atoms with E-state index in [1.807, 2.05) is 0 Å². The predicted octanol–water partition coefficient (Wildman–Crippen LogP) is -0.0650. The predicted molar refractivity (Wildman–Crippen MR) is 35.0 cm³/mol. The van der Waals surface area contributed by atoms with Gasteiger partial charge in [0.15, 0.2) is 0 Å². The molecule has 0 aliphatic heterocycles. The van der Waals surface area contributed by atoms with Crippen molar-refractivity contribution in [3.63, 3.8) is 0 Å². The molecule has 0 fully saturated rings. The molecule has 0 aromatic rings. The van der Waals surface area contributed by atoms with Gasteiger partial charge in [-0.1, -0.05) is 6.58 Å². The molecule has 0 rings (SSSR count). The summed E-state index contributed by atoms with van der Waals surface area (Å²) in [6, 6.07) is 0. The van der Waals surface area contributed by atoms with Crippen LogP contribution in [0.25, 0.3) is 0 Å². The summed E-state index contributed by atoms with van der Waals surface area (Å²) in [5.41, 5.74) is 4.79. The van der Waals surface area contributed by atoms with Crippen LogP contribution in [0.1, 0.15) is 0 Å². The van der Waals surface area contributed by atoms with Crippen LogP contribution >= 0.6 is 12.6 Å². The normalized spacial score (nSPS) is 8.12. The average molecular weight is 130 g/mol. The smallest absolute Gasteiger partial charge is 0.219 e. The summed E-state index contributed by atoms with van der Waals surface area (Å²) in [7, 11) is 0. The number of rotatable bonds is 2. The Hall–Kier alpha value is -0.770. The molecule has 0 saturated carbocycles. The third-order valence-electron chi connectivity index (χ3n) is 0.583. The summed E-state index contributed by atoms with van der Waals surface area (Å²) in [6.45, 7) is 3.18. The minimum Gasteiger partial charge on any atom is -0.384 e. The van der Waals surface area contributed by atoms with E-state index < -0.39 is 5.12 Å². The average Bonchev–Trinajstić information content (AvgIpc) is 1.64. The van der Waals surface area contributed by atoms with Gasteiger partial charge < -0.3 is 5.73 Å².